The largest absolute Gasteiger partial charge is 0.392 e. The maximum Gasteiger partial charge on any atom is 0.0667 e. The van der Waals surface area contributed by atoms with E-state index in [4.69, 9.17) is 5.11 Å². The molecule has 56 valence electrons. The van der Waals surface area contributed by atoms with Crippen molar-refractivity contribution in [3.05, 3.63) is 0 Å². The zero-order chi connectivity index (χ0) is 5.98. The molecule has 0 amide bonds. The number of nitrogens with zero attached hydrogens (tertiary/aromatic N) is 1. The molecule has 2 heteroatoms. The molecule has 1 N–H and O–H groups in total. The highest BCUT2D eigenvalue weighted by atomic mass is 16.3. The zero-order valence-electron chi connectivity index (χ0n) is 5.30. The lowest BCUT2D eigenvalue weighted by atomic mass is 10.1. The lowest BCUT2D eigenvalue weighted by Crippen LogP contribution is -2.34. The summed E-state index contributed by atoms with van der Waals surface area (Å²) in [6.07, 6.45) is 2.08. The van der Waals surface area contributed by atoms with Gasteiger partial charge in [0.05, 0.1) is 6.10 Å². The van der Waals surface area contributed by atoms with Gasteiger partial charge in [-0.2, -0.15) is 0 Å². The molecule has 1 atom stereocenters. The van der Waals surface area contributed by atoms with Gasteiger partial charge in [0, 0.05) is 6.54 Å². The Balaban J connectivity index is 0.000000640. The van der Waals surface area contributed by atoms with Crippen molar-refractivity contribution in [2.75, 3.05) is 20.1 Å². The van der Waals surface area contributed by atoms with E-state index in [1.165, 1.54) is 0 Å². The fourth-order valence-electron chi connectivity index (χ4n) is 1.14. The van der Waals surface area contributed by atoms with E-state index in [1.54, 1.807) is 0 Å². The molecule has 9 heavy (non-hydrogen) atoms. The first-order valence-corrected chi connectivity index (χ1v) is 3.15. The summed E-state index contributed by atoms with van der Waals surface area (Å²) in [5.41, 5.74) is 0. The molecule has 1 aliphatic heterocycles. The van der Waals surface area contributed by atoms with Gasteiger partial charge in [0.25, 0.3) is 0 Å². The number of aliphatic hydroxyl groups excluding tert-OH is 1. The summed E-state index contributed by atoms with van der Waals surface area (Å²) in [4.78, 5) is 2.16. The Morgan fingerprint density at radius 1 is 1.56 bits per heavy atom. The average molecular weight is 131 g/mol. The predicted octanol–water partition coefficient (Wildman–Crippen LogP) is 0.709. The third kappa shape index (κ3) is 2.82. The fraction of sp³-hybridized carbons (Fsp3) is 1.00. The molecule has 0 aliphatic carbocycles. The molecule has 1 unspecified atom stereocenters. The zero-order valence-corrected chi connectivity index (χ0v) is 5.30. The minimum Gasteiger partial charge on any atom is -0.392 e. The molecule has 1 fully saturated rings. The molecule has 0 aromatic heterocycles. The van der Waals surface area contributed by atoms with Gasteiger partial charge in [-0.25, -0.2) is 0 Å². The van der Waals surface area contributed by atoms with Crippen LogP contribution in [0.4, 0.5) is 0 Å². The summed E-state index contributed by atoms with van der Waals surface area (Å²) in [5.74, 6) is 0. The van der Waals surface area contributed by atoms with Gasteiger partial charge in [0.1, 0.15) is 0 Å². The molecule has 0 spiro atoms. The summed E-state index contributed by atoms with van der Waals surface area (Å²) in [6, 6.07) is 0. The van der Waals surface area contributed by atoms with Gasteiger partial charge in [-0.15, -0.1) is 0 Å². The number of piperidine rings is 1. The van der Waals surface area contributed by atoms with Gasteiger partial charge < -0.3 is 10.0 Å². The van der Waals surface area contributed by atoms with Crippen LogP contribution < -0.4 is 0 Å². The van der Waals surface area contributed by atoms with Crippen molar-refractivity contribution in [1.82, 2.24) is 4.90 Å². The van der Waals surface area contributed by atoms with Crippen molar-refractivity contribution >= 4 is 0 Å². The average Bonchev–Trinajstić information content (AvgIpc) is 1.64. The van der Waals surface area contributed by atoms with Crippen LogP contribution >= 0.6 is 0 Å². The molecule has 2 nitrogen and oxygen atoms in total. The highest BCUT2D eigenvalue weighted by Gasteiger charge is 2.12. The summed E-state index contributed by atoms with van der Waals surface area (Å²) >= 11 is 0. The molecule has 0 aromatic rings. The Kier molecular flexibility index (Phi) is 3.82. The Labute approximate surface area is 57.5 Å². The predicted molar refractivity (Wildman–Crippen MR) is 39.5 cm³/mol. The normalized spacial score (nSPS) is 29.3. The first kappa shape index (κ1) is 8.92. The molecule has 1 aliphatic rings. The number of β-amino-alcohol motifs (C(OH)–C–C–N with tert-alkyl or cyclic N) is 1. The van der Waals surface area contributed by atoms with E-state index in [9.17, 15) is 0 Å². The molecule has 0 aromatic carbocycles. The maximum absolute atomic E-state index is 9.04. The Hall–Kier alpha value is -0.0800. The van der Waals surface area contributed by atoms with E-state index in [-0.39, 0.29) is 13.5 Å². The number of rotatable bonds is 0. The van der Waals surface area contributed by atoms with Gasteiger partial charge in [-0.05, 0) is 26.4 Å². The number of hydrogen-bond donors (Lipinski definition) is 1. The minimum atomic E-state index is -0.0613. The molecular weight excluding hydrogens is 114 g/mol. The van der Waals surface area contributed by atoms with E-state index in [2.05, 4.69) is 4.90 Å². The van der Waals surface area contributed by atoms with Crippen molar-refractivity contribution in [2.45, 2.75) is 26.4 Å². The van der Waals surface area contributed by atoms with Gasteiger partial charge in [0.15, 0.2) is 0 Å². The Morgan fingerprint density at radius 2 is 2.22 bits per heavy atom. The van der Waals surface area contributed by atoms with Crippen LogP contribution in [-0.4, -0.2) is 36.2 Å². The number of aliphatic hydroxyl groups is 1. The fourth-order valence-corrected chi connectivity index (χ4v) is 1.14. The van der Waals surface area contributed by atoms with Gasteiger partial charge in [0.2, 0.25) is 0 Å². The van der Waals surface area contributed by atoms with Crippen LogP contribution in [0.1, 0.15) is 20.3 Å². The first-order chi connectivity index (χ1) is 3.79. The quantitative estimate of drug-likeness (QED) is 0.523. The van der Waals surface area contributed by atoms with Crippen molar-refractivity contribution in [2.24, 2.45) is 0 Å². The monoisotopic (exact) mass is 131 g/mol. The van der Waals surface area contributed by atoms with E-state index >= 15 is 0 Å². The molecule has 1 heterocycles. The molecule has 0 saturated carbocycles. The third-order valence-corrected chi connectivity index (χ3v) is 1.60. The lowest BCUT2D eigenvalue weighted by Gasteiger charge is -2.25. The summed E-state index contributed by atoms with van der Waals surface area (Å²) in [6.45, 7) is 2.01. The number of likely N-dealkylation sites (tertiary alicyclic amines) is 1. The summed E-state index contributed by atoms with van der Waals surface area (Å²) in [7, 11) is 2.04. The van der Waals surface area contributed by atoms with E-state index in [0.29, 0.717) is 0 Å². The minimum absolute atomic E-state index is 0. The van der Waals surface area contributed by atoms with Crippen molar-refractivity contribution < 1.29 is 5.11 Å². The van der Waals surface area contributed by atoms with E-state index < -0.39 is 0 Å². The lowest BCUT2D eigenvalue weighted by molar-refractivity contribution is 0.0846. The highest BCUT2D eigenvalue weighted by molar-refractivity contribution is 4.67. The van der Waals surface area contributed by atoms with Gasteiger partial charge >= 0.3 is 0 Å². The topological polar surface area (TPSA) is 23.5 Å². The van der Waals surface area contributed by atoms with Crippen LogP contribution in [-0.2, 0) is 0 Å². The van der Waals surface area contributed by atoms with Crippen LogP contribution in [0.25, 0.3) is 0 Å². The Morgan fingerprint density at radius 3 is 2.56 bits per heavy atom. The SMILES string of the molecule is C.CN1CCCC(O)C1. The second kappa shape index (κ2) is 3.85. The number of hydrogen-bond acceptors (Lipinski definition) is 2. The smallest absolute Gasteiger partial charge is 0.0667 e. The third-order valence-electron chi connectivity index (χ3n) is 1.60. The molecule has 0 bridgehead atoms. The van der Waals surface area contributed by atoms with Crippen LogP contribution in [0.5, 0.6) is 0 Å². The second-order valence-corrected chi connectivity index (χ2v) is 2.56. The van der Waals surface area contributed by atoms with Gasteiger partial charge in [-0.3, -0.25) is 0 Å². The maximum atomic E-state index is 9.04. The summed E-state index contributed by atoms with van der Waals surface area (Å²) in [5, 5.41) is 9.04. The van der Waals surface area contributed by atoms with E-state index in [0.717, 1.165) is 25.9 Å². The summed E-state index contributed by atoms with van der Waals surface area (Å²) < 4.78 is 0. The van der Waals surface area contributed by atoms with Crippen LogP contribution in [0.15, 0.2) is 0 Å². The highest BCUT2D eigenvalue weighted by Crippen LogP contribution is 2.06. The van der Waals surface area contributed by atoms with Crippen LogP contribution in [0.3, 0.4) is 0 Å². The second-order valence-electron chi connectivity index (χ2n) is 2.56. The number of likely N-dealkylation sites (N-methyl/N-ethyl adjacent to an activating group) is 1. The van der Waals surface area contributed by atoms with E-state index in [1.807, 2.05) is 7.05 Å². The molecule has 1 saturated heterocycles. The first-order valence-electron chi connectivity index (χ1n) is 3.15. The molecular formula is C7H17NO. The standard InChI is InChI=1S/C6H13NO.CH4/c1-7-4-2-3-6(8)5-7;/h6,8H,2-5H2,1H3;1H4. The van der Waals surface area contributed by atoms with Crippen molar-refractivity contribution in [3.8, 4) is 0 Å². The van der Waals surface area contributed by atoms with Crippen molar-refractivity contribution in [3.63, 3.8) is 0 Å². The van der Waals surface area contributed by atoms with Gasteiger partial charge in [-0.1, -0.05) is 7.43 Å². The molecule has 0 radical (unpaired) electrons. The Bertz CT molecular complexity index is 67.3. The molecule has 1 rings (SSSR count). The van der Waals surface area contributed by atoms with Crippen molar-refractivity contribution in [1.29, 1.82) is 0 Å². The van der Waals surface area contributed by atoms with Crippen LogP contribution in [0, 0.1) is 0 Å². The van der Waals surface area contributed by atoms with Crippen LogP contribution in [0.2, 0.25) is 0 Å².